The Hall–Kier alpha value is -3.42. The summed E-state index contributed by atoms with van der Waals surface area (Å²) >= 11 is 0. The van der Waals surface area contributed by atoms with Crippen molar-refractivity contribution >= 4 is 17.5 Å². The molecule has 0 saturated carbocycles. The van der Waals surface area contributed by atoms with E-state index in [4.69, 9.17) is 4.74 Å². The summed E-state index contributed by atoms with van der Waals surface area (Å²) in [5.41, 5.74) is 5.29. The van der Waals surface area contributed by atoms with Crippen molar-refractivity contribution in [2.45, 2.75) is 12.8 Å². The van der Waals surface area contributed by atoms with Crippen LogP contribution in [0.25, 0.3) is 0 Å². The highest BCUT2D eigenvalue weighted by molar-refractivity contribution is 5.95. The quantitative estimate of drug-likeness (QED) is 0.615. The van der Waals surface area contributed by atoms with Crippen LogP contribution in [0.2, 0.25) is 0 Å². The second-order valence-electron chi connectivity index (χ2n) is 5.12. The highest BCUT2D eigenvalue weighted by Crippen LogP contribution is 2.18. The third-order valence-corrected chi connectivity index (χ3v) is 3.45. The first-order valence-corrected chi connectivity index (χ1v) is 7.47. The second-order valence-corrected chi connectivity index (χ2v) is 5.12. The van der Waals surface area contributed by atoms with Gasteiger partial charge in [0.25, 0.3) is 11.6 Å². The Kier molecular flexibility index (Phi) is 6.05. The van der Waals surface area contributed by atoms with Gasteiger partial charge in [-0.1, -0.05) is 24.3 Å². The van der Waals surface area contributed by atoms with E-state index in [0.29, 0.717) is 12.2 Å². The number of carbonyl (C=O) groups excluding carboxylic acids is 2. The normalized spacial score (nSPS) is 9.96. The molecule has 8 heteroatoms. The van der Waals surface area contributed by atoms with Gasteiger partial charge in [0.2, 0.25) is 5.91 Å². The van der Waals surface area contributed by atoms with Crippen LogP contribution in [0.3, 0.4) is 0 Å². The van der Waals surface area contributed by atoms with Crippen molar-refractivity contribution in [3.8, 4) is 5.75 Å². The highest BCUT2D eigenvalue weighted by Gasteiger charge is 2.12. The summed E-state index contributed by atoms with van der Waals surface area (Å²) in [7, 11) is 1.55. The van der Waals surface area contributed by atoms with Gasteiger partial charge in [-0.15, -0.1) is 0 Å². The second kappa shape index (κ2) is 8.44. The summed E-state index contributed by atoms with van der Waals surface area (Å²) in [6, 6.07) is 12.6. The van der Waals surface area contributed by atoms with Gasteiger partial charge in [-0.05, 0) is 24.1 Å². The molecule has 130 valence electrons. The maximum atomic E-state index is 11.9. The minimum Gasteiger partial charge on any atom is -0.496 e. The molecule has 0 spiro atoms. The zero-order valence-electron chi connectivity index (χ0n) is 13.5. The van der Waals surface area contributed by atoms with Crippen molar-refractivity contribution < 1.29 is 19.2 Å². The molecule has 0 aliphatic carbocycles. The lowest BCUT2D eigenvalue weighted by Crippen LogP contribution is -2.41. The molecule has 0 aromatic heterocycles. The number of aryl methyl sites for hydroxylation is 1. The molecule has 0 aliphatic heterocycles. The zero-order chi connectivity index (χ0) is 18.2. The van der Waals surface area contributed by atoms with Gasteiger partial charge >= 0.3 is 0 Å². The van der Waals surface area contributed by atoms with Crippen LogP contribution in [0.1, 0.15) is 22.3 Å². The fourth-order valence-electron chi connectivity index (χ4n) is 2.18. The Morgan fingerprint density at radius 1 is 1.12 bits per heavy atom. The molecule has 0 unspecified atom stereocenters. The van der Waals surface area contributed by atoms with E-state index in [1.807, 2.05) is 18.2 Å². The predicted octanol–water partition coefficient (Wildman–Crippen LogP) is 2.00. The fraction of sp³-hybridized carbons (Fsp3) is 0.176. The van der Waals surface area contributed by atoms with E-state index < -0.39 is 10.8 Å². The molecule has 8 nitrogen and oxygen atoms in total. The molecule has 2 aromatic carbocycles. The summed E-state index contributed by atoms with van der Waals surface area (Å²) in [6.07, 6.45) is 0.595. The number of para-hydroxylation sites is 1. The molecule has 0 atom stereocenters. The van der Waals surface area contributed by atoms with Crippen LogP contribution in [-0.2, 0) is 11.2 Å². The Balaban J connectivity index is 1.86. The van der Waals surface area contributed by atoms with E-state index in [-0.39, 0.29) is 23.6 Å². The Morgan fingerprint density at radius 2 is 1.88 bits per heavy atom. The number of ether oxygens (including phenoxy) is 1. The standard InChI is InChI=1S/C17H17N3O5/c1-25-15-8-3-2-5-12(15)9-10-16(21)18-19-17(22)13-6-4-7-14(11-13)20(23)24/h2-8,11H,9-10H2,1H3,(H,18,21)(H,19,22). The van der Waals surface area contributed by atoms with Crippen molar-refractivity contribution in [2.75, 3.05) is 7.11 Å². The number of benzene rings is 2. The molecular formula is C17H17N3O5. The number of nitro groups is 1. The van der Waals surface area contributed by atoms with Gasteiger partial charge in [-0.2, -0.15) is 0 Å². The largest absolute Gasteiger partial charge is 0.496 e. The third kappa shape index (κ3) is 5.03. The van der Waals surface area contributed by atoms with Gasteiger partial charge in [-0.25, -0.2) is 0 Å². The molecule has 2 amide bonds. The number of nitrogens with one attached hydrogen (secondary N) is 2. The van der Waals surface area contributed by atoms with E-state index in [1.54, 1.807) is 13.2 Å². The number of rotatable bonds is 6. The lowest BCUT2D eigenvalue weighted by atomic mass is 10.1. The maximum Gasteiger partial charge on any atom is 0.270 e. The van der Waals surface area contributed by atoms with Crippen LogP contribution < -0.4 is 15.6 Å². The third-order valence-electron chi connectivity index (χ3n) is 3.45. The fourth-order valence-corrected chi connectivity index (χ4v) is 2.18. The highest BCUT2D eigenvalue weighted by atomic mass is 16.6. The molecule has 0 saturated heterocycles. The molecule has 0 bridgehead atoms. The zero-order valence-corrected chi connectivity index (χ0v) is 13.5. The first kappa shape index (κ1) is 17.9. The lowest BCUT2D eigenvalue weighted by Gasteiger charge is -2.09. The van der Waals surface area contributed by atoms with Crippen molar-refractivity contribution in [3.05, 3.63) is 69.8 Å². The number of hydrogen-bond acceptors (Lipinski definition) is 5. The maximum absolute atomic E-state index is 11.9. The molecule has 2 rings (SSSR count). The minimum atomic E-state index is -0.630. The molecule has 2 N–H and O–H groups in total. The number of methoxy groups -OCH3 is 1. The van der Waals surface area contributed by atoms with E-state index in [2.05, 4.69) is 10.9 Å². The molecule has 0 fully saturated rings. The van der Waals surface area contributed by atoms with Crippen LogP contribution in [0, 0.1) is 10.1 Å². The monoisotopic (exact) mass is 343 g/mol. The number of hydrogen-bond donors (Lipinski definition) is 2. The Morgan fingerprint density at radius 3 is 2.60 bits per heavy atom. The van der Waals surface area contributed by atoms with E-state index in [1.165, 1.54) is 18.2 Å². The summed E-state index contributed by atoms with van der Waals surface area (Å²) < 4.78 is 5.21. The molecule has 2 aromatic rings. The Bertz CT molecular complexity index is 791. The summed E-state index contributed by atoms with van der Waals surface area (Å²) in [5, 5.41) is 10.7. The molecule has 0 aliphatic rings. The van der Waals surface area contributed by atoms with Crippen LogP contribution in [-0.4, -0.2) is 23.8 Å². The SMILES string of the molecule is COc1ccccc1CCC(=O)NNC(=O)c1cccc([N+](=O)[O-])c1. The smallest absolute Gasteiger partial charge is 0.270 e. The van der Waals surface area contributed by atoms with Gasteiger partial charge in [0.1, 0.15) is 5.75 Å². The van der Waals surface area contributed by atoms with Crippen LogP contribution >= 0.6 is 0 Å². The number of nitrogens with zero attached hydrogens (tertiary/aromatic N) is 1. The molecular weight excluding hydrogens is 326 g/mol. The summed E-state index contributed by atoms with van der Waals surface area (Å²) in [4.78, 5) is 33.9. The average Bonchev–Trinajstić information content (AvgIpc) is 2.64. The van der Waals surface area contributed by atoms with Gasteiger partial charge < -0.3 is 4.74 Å². The number of non-ortho nitro benzene ring substituents is 1. The molecule has 25 heavy (non-hydrogen) atoms. The van der Waals surface area contributed by atoms with Crippen LogP contribution in [0.15, 0.2) is 48.5 Å². The molecule has 0 heterocycles. The average molecular weight is 343 g/mol. The van der Waals surface area contributed by atoms with Crippen LogP contribution in [0.4, 0.5) is 5.69 Å². The van der Waals surface area contributed by atoms with Crippen molar-refractivity contribution in [1.29, 1.82) is 0 Å². The number of carbonyl (C=O) groups is 2. The first-order valence-electron chi connectivity index (χ1n) is 7.47. The number of amides is 2. The first-order chi connectivity index (χ1) is 12.0. The number of hydrazine groups is 1. The molecule has 0 radical (unpaired) electrons. The van der Waals surface area contributed by atoms with Gasteiger partial charge in [0.05, 0.1) is 12.0 Å². The van der Waals surface area contributed by atoms with Crippen molar-refractivity contribution in [1.82, 2.24) is 10.9 Å². The van der Waals surface area contributed by atoms with Gasteiger partial charge in [0.15, 0.2) is 0 Å². The summed E-state index contributed by atoms with van der Waals surface area (Å²) in [5.74, 6) is -0.324. The topological polar surface area (TPSA) is 111 Å². The minimum absolute atomic E-state index is 0.0826. The van der Waals surface area contributed by atoms with E-state index >= 15 is 0 Å². The van der Waals surface area contributed by atoms with Gasteiger partial charge in [0, 0.05) is 24.1 Å². The van der Waals surface area contributed by atoms with Gasteiger partial charge in [-0.3, -0.25) is 30.6 Å². The van der Waals surface area contributed by atoms with Crippen LogP contribution in [0.5, 0.6) is 5.75 Å². The van der Waals surface area contributed by atoms with Crippen molar-refractivity contribution in [3.63, 3.8) is 0 Å². The number of nitro benzene ring substituents is 1. The van der Waals surface area contributed by atoms with E-state index in [9.17, 15) is 19.7 Å². The van der Waals surface area contributed by atoms with E-state index in [0.717, 1.165) is 11.6 Å². The van der Waals surface area contributed by atoms with Crippen molar-refractivity contribution in [2.24, 2.45) is 0 Å². The predicted molar refractivity (Wildman–Crippen MR) is 90.0 cm³/mol. The lowest BCUT2D eigenvalue weighted by molar-refractivity contribution is -0.384. The summed E-state index contributed by atoms with van der Waals surface area (Å²) in [6.45, 7) is 0. The Labute approximate surface area is 143 Å².